The monoisotopic (exact) mass is 432 g/mol. The summed E-state index contributed by atoms with van der Waals surface area (Å²) in [5.41, 5.74) is -5.08. The minimum atomic E-state index is -4.96. The van der Waals surface area contributed by atoms with Crippen molar-refractivity contribution in [3.8, 4) is 6.07 Å². The van der Waals surface area contributed by atoms with Crippen LogP contribution in [-0.4, -0.2) is 41.0 Å². The van der Waals surface area contributed by atoms with E-state index in [4.69, 9.17) is 5.26 Å². The first-order valence-corrected chi connectivity index (χ1v) is 9.29. The maximum absolute atomic E-state index is 12.9. The Labute approximate surface area is 161 Å². The number of carbonyl (C=O) groups is 1. The quantitative estimate of drug-likeness (QED) is 0.542. The molecule has 1 aromatic carbocycles. The topological polar surface area (TPSA) is 133 Å². The molecular formula is C16H12F4N4O4S. The highest BCUT2D eigenvalue weighted by Gasteiger charge is 2.38. The molecule has 1 aromatic heterocycles. The van der Waals surface area contributed by atoms with Crippen LogP contribution in [0.5, 0.6) is 0 Å². The maximum atomic E-state index is 12.9. The number of aliphatic hydroxyl groups is 1. The van der Waals surface area contributed by atoms with E-state index >= 15 is 0 Å². The highest BCUT2D eigenvalue weighted by Crippen LogP contribution is 2.32. The first kappa shape index (κ1) is 22.2. The molecule has 1 atom stereocenters. The number of anilines is 1. The molecule has 29 heavy (non-hydrogen) atoms. The number of alkyl halides is 3. The number of hydrogen-bond acceptors (Lipinski definition) is 7. The lowest BCUT2D eigenvalue weighted by atomic mass is 10.1. The van der Waals surface area contributed by atoms with E-state index in [-0.39, 0.29) is 4.90 Å². The minimum Gasteiger partial charge on any atom is -0.379 e. The van der Waals surface area contributed by atoms with Gasteiger partial charge in [-0.1, -0.05) is 0 Å². The third kappa shape index (κ3) is 5.24. The fourth-order valence-electron chi connectivity index (χ4n) is 2.16. The van der Waals surface area contributed by atoms with Crippen LogP contribution >= 0.6 is 0 Å². The average molecular weight is 432 g/mol. The van der Waals surface area contributed by atoms with Crippen LogP contribution in [0.15, 0.2) is 35.2 Å². The molecule has 0 aliphatic rings. The smallest absolute Gasteiger partial charge is 0.379 e. The van der Waals surface area contributed by atoms with Crippen LogP contribution in [0, 0.1) is 17.1 Å². The molecule has 0 unspecified atom stereocenters. The molecule has 2 aromatic rings. The Kier molecular flexibility index (Phi) is 5.91. The molecule has 13 heteroatoms. The lowest BCUT2D eigenvalue weighted by Gasteiger charge is -2.22. The number of hydrogen-bond donors (Lipinski definition) is 2. The van der Waals surface area contributed by atoms with Gasteiger partial charge in [-0.3, -0.25) is 4.79 Å². The van der Waals surface area contributed by atoms with Crippen LogP contribution in [0.2, 0.25) is 0 Å². The van der Waals surface area contributed by atoms with Crippen LogP contribution in [-0.2, 0) is 20.8 Å². The second kappa shape index (κ2) is 7.72. The SMILES string of the molecule is C[C@](O)(CS(=O)(=O)c1ccc(F)cc1)C(=O)Nc1cc(C(F)(F)F)c(C#N)nn1. The predicted molar refractivity (Wildman–Crippen MR) is 89.5 cm³/mol. The molecule has 0 spiro atoms. The van der Waals surface area contributed by atoms with E-state index in [1.54, 1.807) is 0 Å². The molecule has 0 saturated carbocycles. The Balaban J connectivity index is 2.25. The molecule has 0 radical (unpaired) electrons. The number of amides is 1. The van der Waals surface area contributed by atoms with E-state index in [1.807, 2.05) is 5.32 Å². The highest BCUT2D eigenvalue weighted by atomic mass is 32.2. The second-order valence-electron chi connectivity index (χ2n) is 6.04. The molecule has 0 aliphatic carbocycles. The summed E-state index contributed by atoms with van der Waals surface area (Å²) in [6, 6.07) is 5.13. The Morgan fingerprint density at radius 3 is 2.34 bits per heavy atom. The summed E-state index contributed by atoms with van der Waals surface area (Å²) in [7, 11) is -4.25. The van der Waals surface area contributed by atoms with E-state index in [0.29, 0.717) is 6.07 Å². The number of nitrogens with zero attached hydrogens (tertiary/aromatic N) is 3. The number of halogens is 4. The van der Waals surface area contributed by atoms with Gasteiger partial charge in [0.25, 0.3) is 5.91 Å². The molecule has 1 heterocycles. The summed E-state index contributed by atoms with van der Waals surface area (Å²) in [5.74, 6) is -3.97. The first-order chi connectivity index (χ1) is 13.3. The average Bonchev–Trinajstić information content (AvgIpc) is 2.60. The van der Waals surface area contributed by atoms with Crippen molar-refractivity contribution in [2.45, 2.75) is 23.6 Å². The fourth-order valence-corrected chi connectivity index (χ4v) is 3.75. The maximum Gasteiger partial charge on any atom is 0.419 e. The zero-order chi connectivity index (χ0) is 22.0. The third-order valence-corrected chi connectivity index (χ3v) is 5.51. The summed E-state index contributed by atoms with van der Waals surface area (Å²) in [5, 5.41) is 27.0. The molecule has 0 saturated heterocycles. The van der Waals surface area contributed by atoms with Crippen LogP contribution < -0.4 is 5.32 Å². The second-order valence-corrected chi connectivity index (χ2v) is 8.03. The van der Waals surface area contributed by atoms with Crippen LogP contribution in [0.3, 0.4) is 0 Å². The zero-order valence-corrected chi connectivity index (χ0v) is 15.3. The van der Waals surface area contributed by atoms with Crippen molar-refractivity contribution in [3.05, 3.63) is 47.4 Å². The van der Waals surface area contributed by atoms with Gasteiger partial charge in [0.1, 0.15) is 11.9 Å². The van der Waals surface area contributed by atoms with Crippen LogP contribution in [0.4, 0.5) is 23.4 Å². The molecule has 0 aliphatic heterocycles. The first-order valence-electron chi connectivity index (χ1n) is 7.63. The standard InChI is InChI=1S/C16H12F4N4O4S/c1-15(26,8-29(27,28)10-4-2-9(17)3-5-10)14(25)22-13-6-11(16(18,19)20)12(7-21)23-24-13/h2-6,26H,8H2,1H3,(H,22,24,25)/t15-/m0/s1. The van der Waals surface area contributed by atoms with Crippen molar-refractivity contribution < 1.29 is 35.9 Å². The number of nitriles is 1. The van der Waals surface area contributed by atoms with Gasteiger partial charge in [-0.05, 0) is 37.3 Å². The van der Waals surface area contributed by atoms with Crippen LogP contribution in [0.25, 0.3) is 0 Å². The lowest BCUT2D eigenvalue weighted by molar-refractivity contribution is -0.138. The Hall–Kier alpha value is -3.11. The lowest BCUT2D eigenvalue weighted by Crippen LogP contribution is -2.46. The molecule has 154 valence electrons. The van der Waals surface area contributed by atoms with Gasteiger partial charge >= 0.3 is 6.18 Å². The number of rotatable bonds is 5. The molecule has 8 nitrogen and oxygen atoms in total. The summed E-state index contributed by atoms with van der Waals surface area (Å²) in [6.07, 6.45) is -4.96. The number of carbonyl (C=O) groups excluding carboxylic acids is 1. The van der Waals surface area contributed by atoms with Gasteiger partial charge in [-0.2, -0.15) is 18.4 Å². The zero-order valence-electron chi connectivity index (χ0n) is 14.5. The van der Waals surface area contributed by atoms with Gasteiger partial charge in [0.05, 0.1) is 16.2 Å². The number of aromatic nitrogens is 2. The van der Waals surface area contributed by atoms with Gasteiger partial charge in [0.2, 0.25) is 0 Å². The molecule has 0 bridgehead atoms. The summed E-state index contributed by atoms with van der Waals surface area (Å²) in [6.45, 7) is 0.825. The summed E-state index contributed by atoms with van der Waals surface area (Å²) < 4.78 is 76.4. The van der Waals surface area contributed by atoms with E-state index in [1.165, 1.54) is 6.07 Å². The number of sulfone groups is 1. The summed E-state index contributed by atoms with van der Waals surface area (Å²) >= 11 is 0. The minimum absolute atomic E-state index is 0.327. The summed E-state index contributed by atoms with van der Waals surface area (Å²) in [4.78, 5) is 11.8. The fraction of sp³-hybridized carbons (Fsp3) is 0.250. The van der Waals surface area contributed by atoms with Gasteiger partial charge in [0, 0.05) is 0 Å². The van der Waals surface area contributed by atoms with E-state index < -0.39 is 56.2 Å². The Bertz CT molecular complexity index is 1080. The van der Waals surface area contributed by atoms with Crippen molar-refractivity contribution >= 4 is 21.6 Å². The number of benzene rings is 1. The Morgan fingerprint density at radius 1 is 1.24 bits per heavy atom. The van der Waals surface area contributed by atoms with Crippen molar-refractivity contribution in [1.82, 2.24) is 10.2 Å². The molecule has 2 rings (SSSR count). The van der Waals surface area contributed by atoms with E-state index in [9.17, 15) is 35.9 Å². The van der Waals surface area contributed by atoms with Gasteiger partial charge in [0.15, 0.2) is 27.0 Å². The van der Waals surface area contributed by atoms with Crippen molar-refractivity contribution in [1.29, 1.82) is 5.26 Å². The van der Waals surface area contributed by atoms with E-state index in [0.717, 1.165) is 31.2 Å². The molecule has 0 fully saturated rings. The van der Waals surface area contributed by atoms with Crippen molar-refractivity contribution in [2.75, 3.05) is 11.1 Å². The molecule has 2 N–H and O–H groups in total. The largest absolute Gasteiger partial charge is 0.419 e. The van der Waals surface area contributed by atoms with Crippen LogP contribution in [0.1, 0.15) is 18.2 Å². The predicted octanol–water partition coefficient (Wildman–Crippen LogP) is 1.67. The number of nitrogens with one attached hydrogen (secondary N) is 1. The van der Waals surface area contributed by atoms with Gasteiger partial charge < -0.3 is 10.4 Å². The van der Waals surface area contributed by atoms with E-state index in [2.05, 4.69) is 10.2 Å². The van der Waals surface area contributed by atoms with Gasteiger partial charge in [-0.25, -0.2) is 12.8 Å². The van der Waals surface area contributed by atoms with Gasteiger partial charge in [-0.15, -0.1) is 10.2 Å². The normalized spacial score (nSPS) is 14.0. The molecular weight excluding hydrogens is 420 g/mol. The third-order valence-electron chi connectivity index (χ3n) is 3.58. The van der Waals surface area contributed by atoms with Crippen molar-refractivity contribution in [3.63, 3.8) is 0 Å². The molecule has 1 amide bonds. The van der Waals surface area contributed by atoms with Crippen molar-refractivity contribution in [2.24, 2.45) is 0 Å². The highest BCUT2D eigenvalue weighted by molar-refractivity contribution is 7.91. The Morgan fingerprint density at radius 2 is 1.83 bits per heavy atom.